The summed E-state index contributed by atoms with van der Waals surface area (Å²) in [5.41, 5.74) is 2.40. The van der Waals surface area contributed by atoms with E-state index in [9.17, 15) is 10.1 Å². The quantitative estimate of drug-likeness (QED) is 0.0856. The van der Waals surface area contributed by atoms with Crippen molar-refractivity contribution < 1.29 is 32.5 Å². The number of ether oxygens (including phenoxy) is 4. The highest BCUT2D eigenvalue weighted by Gasteiger charge is 2.33. The summed E-state index contributed by atoms with van der Waals surface area (Å²) in [4.78, 5) is 17.2. The number of nitrogens with zero attached hydrogens (tertiary/aromatic N) is 3. The van der Waals surface area contributed by atoms with Crippen molar-refractivity contribution in [2.75, 3.05) is 26.4 Å². The van der Waals surface area contributed by atoms with Crippen LogP contribution in [0.5, 0.6) is 17.2 Å². The van der Waals surface area contributed by atoms with Gasteiger partial charge >= 0.3 is 0 Å². The van der Waals surface area contributed by atoms with Gasteiger partial charge in [0.15, 0.2) is 17.4 Å². The Morgan fingerprint density at radius 2 is 1.86 bits per heavy atom. The average Bonchev–Trinajstić information content (AvgIpc) is 3.40. The number of hydrogen-bond acceptors (Lipinski definition) is 7. The molecule has 8 nitrogen and oxygen atoms in total. The largest absolute Gasteiger partial charge is 0.492 e. The molecular weight excluding hydrogens is 645 g/mol. The maximum Gasteiger partial charge on any atom is 0.198 e. The zero-order chi connectivity index (χ0) is 35.3. The molecular formula is C38H45F2N3O5Si. The Balaban J connectivity index is 1.47. The number of pyridine rings is 1. The van der Waals surface area contributed by atoms with Gasteiger partial charge in [0.2, 0.25) is 0 Å². The lowest BCUT2D eigenvalue weighted by Gasteiger charge is -2.37. The van der Waals surface area contributed by atoms with Crippen LogP contribution in [0.25, 0.3) is 22.2 Å². The minimum Gasteiger partial charge on any atom is -0.492 e. The normalized spacial score (nSPS) is 14.1. The predicted octanol–water partition coefficient (Wildman–Crippen LogP) is 8.92. The summed E-state index contributed by atoms with van der Waals surface area (Å²) in [6.45, 7) is 15.4. The predicted molar refractivity (Wildman–Crippen MR) is 188 cm³/mol. The second-order valence-corrected chi connectivity index (χ2v) is 20.5. The Morgan fingerprint density at radius 3 is 2.49 bits per heavy atom. The van der Waals surface area contributed by atoms with E-state index in [4.69, 9.17) is 18.9 Å². The summed E-state index contributed by atoms with van der Waals surface area (Å²) in [6.07, 6.45) is 4.27. The van der Waals surface area contributed by atoms with Crippen molar-refractivity contribution in [1.82, 2.24) is 9.55 Å². The van der Waals surface area contributed by atoms with E-state index in [0.717, 1.165) is 18.2 Å². The molecule has 0 atom stereocenters. The van der Waals surface area contributed by atoms with Gasteiger partial charge in [0.1, 0.15) is 35.7 Å². The van der Waals surface area contributed by atoms with Crippen LogP contribution in [0.2, 0.25) is 25.7 Å². The molecule has 0 saturated carbocycles. The van der Waals surface area contributed by atoms with Crippen LogP contribution in [0.1, 0.15) is 44.7 Å². The molecule has 1 aliphatic heterocycles. The fraction of sp³-hybridized carbons (Fsp3) is 0.447. The lowest BCUT2D eigenvalue weighted by Crippen LogP contribution is -2.40. The Morgan fingerprint density at radius 1 is 1.12 bits per heavy atom. The van der Waals surface area contributed by atoms with E-state index in [1.54, 1.807) is 18.2 Å². The number of ketones is 1. The van der Waals surface area contributed by atoms with Crippen molar-refractivity contribution in [2.45, 2.75) is 72.4 Å². The van der Waals surface area contributed by atoms with E-state index in [0.29, 0.717) is 72.7 Å². The highest BCUT2D eigenvalue weighted by atomic mass is 28.3. The molecule has 1 saturated heterocycles. The minimum atomic E-state index is -1.32. The lowest BCUT2D eigenvalue weighted by molar-refractivity contribution is -0.125. The molecule has 0 bridgehead atoms. The summed E-state index contributed by atoms with van der Waals surface area (Å²) >= 11 is 0. The summed E-state index contributed by atoms with van der Waals surface area (Å²) < 4.78 is 56.0. The smallest absolute Gasteiger partial charge is 0.198 e. The first kappa shape index (κ1) is 36.2. The second-order valence-electron chi connectivity index (χ2n) is 14.9. The van der Waals surface area contributed by atoms with E-state index in [1.165, 1.54) is 6.20 Å². The number of carbonyl (C=O) groups excluding carboxylic acids is 1. The van der Waals surface area contributed by atoms with Gasteiger partial charge in [-0.1, -0.05) is 46.5 Å². The highest BCUT2D eigenvalue weighted by molar-refractivity contribution is 6.76. The fourth-order valence-corrected chi connectivity index (χ4v) is 6.33. The van der Waals surface area contributed by atoms with E-state index in [1.807, 2.05) is 30.7 Å². The second kappa shape index (κ2) is 15.2. The van der Waals surface area contributed by atoms with Gasteiger partial charge in [-0.2, -0.15) is 5.26 Å². The van der Waals surface area contributed by atoms with Gasteiger partial charge in [0, 0.05) is 50.9 Å². The van der Waals surface area contributed by atoms with Crippen molar-refractivity contribution in [3.05, 3.63) is 71.6 Å². The molecule has 3 heterocycles. The van der Waals surface area contributed by atoms with Gasteiger partial charge < -0.3 is 23.5 Å². The maximum atomic E-state index is 15.5. The zero-order valence-electron chi connectivity index (χ0n) is 29.2. The Labute approximate surface area is 288 Å². The zero-order valence-corrected chi connectivity index (χ0v) is 30.2. The topological polar surface area (TPSA) is 95.6 Å². The van der Waals surface area contributed by atoms with Gasteiger partial charge in [-0.15, -0.1) is 0 Å². The van der Waals surface area contributed by atoms with E-state index in [-0.39, 0.29) is 41.6 Å². The summed E-state index contributed by atoms with van der Waals surface area (Å²) in [6, 6.07) is 12.4. The Hall–Kier alpha value is -4.11. The van der Waals surface area contributed by atoms with Crippen molar-refractivity contribution in [2.24, 2.45) is 11.3 Å². The van der Waals surface area contributed by atoms with Crippen molar-refractivity contribution in [3.8, 4) is 34.4 Å². The van der Waals surface area contributed by atoms with Crippen LogP contribution in [-0.4, -0.2) is 49.8 Å². The Bertz CT molecular complexity index is 1830. The molecule has 4 aromatic rings. The molecule has 2 aromatic carbocycles. The molecule has 5 rings (SSSR count). The fourth-order valence-electron chi connectivity index (χ4n) is 5.57. The van der Waals surface area contributed by atoms with Crippen molar-refractivity contribution in [1.29, 1.82) is 5.26 Å². The standard InChI is InChI=1S/C38H45F2N3O5Si/c1-25(2)21-47-33-8-7-27(18-28(33)19-41)30-20-43(24-45-13-14-49(4,5)6)37-35(30)34(10-12-42-37)48-36-31(39)16-26(17-32(36)40)15-29(44)9-11-38(3)22-46-23-38/h7-8,10,12,16-18,20,25H,9,11,13-15,21-24H2,1-6H3. The monoisotopic (exact) mass is 689 g/mol. The summed E-state index contributed by atoms with van der Waals surface area (Å²) in [5.74, 6) is -1.57. The number of benzene rings is 2. The first-order valence-corrected chi connectivity index (χ1v) is 20.4. The third-order valence-electron chi connectivity index (χ3n) is 8.51. The van der Waals surface area contributed by atoms with Gasteiger partial charge in [0.05, 0.1) is 30.8 Å². The van der Waals surface area contributed by atoms with Crippen LogP contribution in [0, 0.1) is 34.3 Å². The molecule has 0 unspecified atom stereocenters. The maximum absolute atomic E-state index is 15.5. The first-order chi connectivity index (χ1) is 23.2. The molecule has 0 radical (unpaired) electrons. The van der Waals surface area contributed by atoms with Gasteiger partial charge in [-0.05, 0) is 59.8 Å². The number of hydrogen-bond donors (Lipinski definition) is 0. The van der Waals surface area contributed by atoms with Crippen molar-refractivity contribution in [3.63, 3.8) is 0 Å². The van der Waals surface area contributed by atoms with Crippen LogP contribution in [-0.2, 0) is 27.4 Å². The summed E-state index contributed by atoms with van der Waals surface area (Å²) in [7, 11) is -1.32. The average molecular weight is 690 g/mol. The minimum absolute atomic E-state index is 0.0165. The molecule has 1 aliphatic rings. The van der Waals surface area contributed by atoms with Gasteiger partial charge in [-0.3, -0.25) is 4.79 Å². The molecule has 260 valence electrons. The summed E-state index contributed by atoms with van der Waals surface area (Å²) in [5, 5.41) is 10.5. The van der Waals surface area contributed by atoms with E-state index < -0.39 is 25.5 Å². The van der Waals surface area contributed by atoms with Crippen LogP contribution >= 0.6 is 0 Å². The molecule has 0 N–H and O–H groups in total. The molecule has 2 aromatic heterocycles. The highest BCUT2D eigenvalue weighted by Crippen LogP contribution is 2.41. The molecule has 0 spiro atoms. The number of Topliss-reactive ketones (excluding diaryl/α,β-unsaturated/α-hetero) is 1. The van der Waals surface area contributed by atoms with Crippen LogP contribution in [0.15, 0.2) is 48.8 Å². The van der Waals surface area contributed by atoms with Gasteiger partial charge in [0.25, 0.3) is 0 Å². The van der Waals surface area contributed by atoms with E-state index in [2.05, 4.69) is 37.6 Å². The third-order valence-corrected chi connectivity index (χ3v) is 10.2. The van der Waals surface area contributed by atoms with Crippen LogP contribution < -0.4 is 9.47 Å². The number of nitriles is 1. The Kier molecular flexibility index (Phi) is 11.2. The number of halogens is 2. The molecule has 0 aliphatic carbocycles. The van der Waals surface area contributed by atoms with Crippen LogP contribution in [0.4, 0.5) is 8.78 Å². The molecule has 11 heteroatoms. The number of rotatable bonds is 16. The number of fused-ring (bicyclic) bond motifs is 1. The molecule has 1 fully saturated rings. The van der Waals surface area contributed by atoms with Crippen LogP contribution in [0.3, 0.4) is 0 Å². The number of aromatic nitrogens is 2. The van der Waals surface area contributed by atoms with E-state index >= 15 is 8.78 Å². The number of carbonyl (C=O) groups is 1. The van der Waals surface area contributed by atoms with Gasteiger partial charge in [-0.25, -0.2) is 13.8 Å². The first-order valence-electron chi connectivity index (χ1n) is 16.7. The van der Waals surface area contributed by atoms with Crippen molar-refractivity contribution >= 4 is 24.9 Å². The molecule has 0 amide bonds. The molecule has 49 heavy (non-hydrogen) atoms. The third kappa shape index (κ3) is 9.12. The lowest BCUT2D eigenvalue weighted by atomic mass is 9.82. The SMILES string of the molecule is CC(C)COc1ccc(-c2cn(COCC[Si](C)(C)C)c3nccc(Oc4c(F)cc(CC(=O)CCC5(C)COC5)cc4F)c23)cc1C#N.